The number of carbonyl (C=O) groups excluding carboxylic acids is 2. The fourth-order valence-electron chi connectivity index (χ4n) is 4.04. The fraction of sp³-hybridized carbons (Fsp3) is 0.700. The molecule has 0 saturated carbocycles. The van der Waals surface area contributed by atoms with Crippen molar-refractivity contribution in [1.29, 1.82) is 0 Å². The van der Waals surface area contributed by atoms with Gasteiger partial charge in [0.25, 0.3) is 0 Å². The zero-order valence-corrected chi connectivity index (χ0v) is 17.7. The van der Waals surface area contributed by atoms with E-state index in [0.717, 1.165) is 16.2 Å². The molecule has 2 aliphatic rings. The second-order valence-corrected chi connectivity index (χ2v) is 8.29. The van der Waals surface area contributed by atoms with Crippen molar-refractivity contribution in [1.82, 2.24) is 19.8 Å². The summed E-state index contributed by atoms with van der Waals surface area (Å²) in [6.07, 6.45) is -5.99. The molecule has 0 aromatic carbocycles. The van der Waals surface area contributed by atoms with E-state index >= 15 is 0 Å². The molecule has 2 amide bonds. The molecule has 1 aromatic heterocycles. The van der Waals surface area contributed by atoms with Gasteiger partial charge in [0.15, 0.2) is 6.23 Å². The SMILES string of the molecule is CCCc1ncc2c(n1)CN(C(=O)C[C@H](N)CN1C(=O)CCC(F)C1O)CC2C(F)(F)F. The highest BCUT2D eigenvalue weighted by molar-refractivity contribution is 5.79. The van der Waals surface area contributed by atoms with E-state index in [1.165, 1.54) is 6.20 Å². The van der Waals surface area contributed by atoms with Gasteiger partial charge in [-0.2, -0.15) is 13.2 Å². The number of aromatic nitrogens is 2. The van der Waals surface area contributed by atoms with E-state index < -0.39 is 48.9 Å². The minimum absolute atomic E-state index is 0.0401. The number of nitrogens with two attached hydrogens (primary N) is 1. The van der Waals surface area contributed by atoms with Gasteiger partial charge in [-0.3, -0.25) is 9.59 Å². The number of nitrogens with zero attached hydrogens (tertiary/aromatic N) is 4. The lowest BCUT2D eigenvalue weighted by Gasteiger charge is -2.37. The highest BCUT2D eigenvalue weighted by atomic mass is 19.4. The summed E-state index contributed by atoms with van der Waals surface area (Å²) in [5.74, 6) is -2.63. The van der Waals surface area contributed by atoms with Crippen LogP contribution in [0.15, 0.2) is 6.20 Å². The maximum Gasteiger partial charge on any atom is 0.397 e. The number of halogens is 4. The van der Waals surface area contributed by atoms with Crippen LogP contribution in [0.2, 0.25) is 0 Å². The minimum Gasteiger partial charge on any atom is -0.370 e. The molecule has 178 valence electrons. The molecule has 4 atom stereocenters. The first kappa shape index (κ1) is 24.3. The van der Waals surface area contributed by atoms with Gasteiger partial charge in [0.2, 0.25) is 11.8 Å². The van der Waals surface area contributed by atoms with Crippen LogP contribution in [0.3, 0.4) is 0 Å². The molecule has 12 heteroatoms. The monoisotopic (exact) mass is 461 g/mol. The number of carbonyl (C=O) groups is 2. The minimum atomic E-state index is -4.59. The molecule has 3 unspecified atom stereocenters. The zero-order valence-electron chi connectivity index (χ0n) is 17.7. The summed E-state index contributed by atoms with van der Waals surface area (Å²) in [5.41, 5.74) is 6.05. The van der Waals surface area contributed by atoms with Crippen molar-refractivity contribution in [3.8, 4) is 0 Å². The molecular weight excluding hydrogens is 434 g/mol. The third-order valence-electron chi connectivity index (χ3n) is 5.76. The molecule has 1 aromatic rings. The molecule has 0 bridgehead atoms. The first-order chi connectivity index (χ1) is 15.0. The Morgan fingerprint density at radius 2 is 2.12 bits per heavy atom. The zero-order chi connectivity index (χ0) is 23.6. The molecule has 3 N–H and O–H groups in total. The molecule has 1 fully saturated rings. The third-order valence-corrected chi connectivity index (χ3v) is 5.76. The van der Waals surface area contributed by atoms with Crippen LogP contribution in [0.4, 0.5) is 17.6 Å². The summed E-state index contributed by atoms with van der Waals surface area (Å²) in [6, 6.07) is -0.974. The van der Waals surface area contributed by atoms with Crippen LogP contribution in [-0.2, 0) is 22.6 Å². The Labute approximate surface area is 182 Å². The quantitative estimate of drug-likeness (QED) is 0.620. The van der Waals surface area contributed by atoms with Crippen molar-refractivity contribution in [2.75, 3.05) is 13.1 Å². The maximum absolute atomic E-state index is 13.7. The molecule has 0 aliphatic carbocycles. The fourth-order valence-corrected chi connectivity index (χ4v) is 4.04. The first-order valence-electron chi connectivity index (χ1n) is 10.6. The van der Waals surface area contributed by atoms with Crippen molar-refractivity contribution in [2.45, 2.75) is 76.1 Å². The average molecular weight is 461 g/mol. The number of rotatable bonds is 6. The lowest BCUT2D eigenvalue weighted by atomic mass is 9.93. The van der Waals surface area contributed by atoms with E-state index in [-0.39, 0.29) is 43.6 Å². The molecular formula is C20H27F4N5O3. The molecule has 2 aliphatic heterocycles. The Balaban J connectivity index is 1.72. The van der Waals surface area contributed by atoms with Crippen LogP contribution in [0, 0.1) is 0 Å². The van der Waals surface area contributed by atoms with Crippen LogP contribution >= 0.6 is 0 Å². The number of alkyl halides is 4. The summed E-state index contributed by atoms with van der Waals surface area (Å²) in [5, 5.41) is 9.88. The standard InChI is InChI=1S/C20H27F4N5O3/c1-2-3-16-26-7-12-13(20(22,23)24)9-28(10-15(12)27-16)18(31)6-11(25)8-29-17(30)5-4-14(21)19(29)32/h7,11,13-14,19,32H,2-6,8-10,25H2,1H3/t11-,13?,14?,19?/m0/s1. The average Bonchev–Trinajstić information content (AvgIpc) is 2.72. The number of aliphatic hydroxyl groups excluding tert-OH is 1. The Kier molecular flexibility index (Phi) is 7.33. The molecule has 1 saturated heterocycles. The number of amides is 2. The van der Waals surface area contributed by atoms with Gasteiger partial charge >= 0.3 is 6.18 Å². The van der Waals surface area contributed by atoms with Crippen LogP contribution < -0.4 is 5.73 Å². The normalized spacial score (nSPS) is 25.0. The van der Waals surface area contributed by atoms with E-state index in [1.807, 2.05) is 6.92 Å². The Morgan fingerprint density at radius 3 is 2.78 bits per heavy atom. The number of aryl methyl sites for hydroxylation is 1. The van der Waals surface area contributed by atoms with Crippen molar-refractivity contribution >= 4 is 11.8 Å². The molecule has 0 spiro atoms. The molecule has 3 heterocycles. The van der Waals surface area contributed by atoms with Gasteiger partial charge in [-0.1, -0.05) is 6.92 Å². The highest BCUT2D eigenvalue weighted by Gasteiger charge is 2.46. The number of piperidine rings is 1. The van der Waals surface area contributed by atoms with Gasteiger partial charge < -0.3 is 20.6 Å². The topological polar surface area (TPSA) is 113 Å². The predicted octanol–water partition coefficient (Wildman–Crippen LogP) is 1.41. The summed E-state index contributed by atoms with van der Waals surface area (Å²) in [4.78, 5) is 34.9. The Hall–Kier alpha value is -2.34. The van der Waals surface area contributed by atoms with Crippen LogP contribution in [0.5, 0.6) is 0 Å². The summed E-state index contributed by atoms with van der Waals surface area (Å²) < 4.78 is 54.7. The summed E-state index contributed by atoms with van der Waals surface area (Å²) in [6.45, 7) is 0.927. The van der Waals surface area contributed by atoms with Gasteiger partial charge in [-0.05, 0) is 12.8 Å². The second kappa shape index (κ2) is 9.65. The number of hydrogen-bond acceptors (Lipinski definition) is 6. The summed E-state index contributed by atoms with van der Waals surface area (Å²) in [7, 11) is 0. The largest absolute Gasteiger partial charge is 0.397 e. The van der Waals surface area contributed by atoms with E-state index in [0.29, 0.717) is 12.2 Å². The van der Waals surface area contributed by atoms with Crippen molar-refractivity contribution in [3.05, 3.63) is 23.3 Å². The van der Waals surface area contributed by atoms with Gasteiger partial charge in [-0.15, -0.1) is 0 Å². The Bertz CT molecular complexity index is 853. The predicted molar refractivity (Wildman–Crippen MR) is 105 cm³/mol. The second-order valence-electron chi connectivity index (χ2n) is 8.29. The van der Waals surface area contributed by atoms with Crippen LogP contribution in [-0.4, -0.2) is 74.4 Å². The molecule has 0 radical (unpaired) electrons. The van der Waals surface area contributed by atoms with Gasteiger partial charge in [0, 0.05) is 50.2 Å². The molecule has 8 nitrogen and oxygen atoms in total. The highest BCUT2D eigenvalue weighted by Crippen LogP contribution is 2.39. The van der Waals surface area contributed by atoms with E-state index in [9.17, 15) is 32.3 Å². The van der Waals surface area contributed by atoms with Gasteiger partial charge in [-0.25, -0.2) is 14.4 Å². The summed E-state index contributed by atoms with van der Waals surface area (Å²) >= 11 is 0. The number of hydrogen-bond donors (Lipinski definition) is 2. The van der Waals surface area contributed by atoms with Gasteiger partial charge in [0.05, 0.1) is 12.2 Å². The number of likely N-dealkylation sites (tertiary alicyclic amines) is 1. The first-order valence-corrected chi connectivity index (χ1v) is 10.6. The maximum atomic E-state index is 13.7. The van der Waals surface area contributed by atoms with Crippen LogP contribution in [0.25, 0.3) is 0 Å². The lowest BCUT2D eigenvalue weighted by Crippen LogP contribution is -2.54. The van der Waals surface area contributed by atoms with Crippen molar-refractivity contribution in [2.24, 2.45) is 5.73 Å². The molecule has 32 heavy (non-hydrogen) atoms. The van der Waals surface area contributed by atoms with Crippen LogP contribution in [0.1, 0.15) is 55.6 Å². The van der Waals surface area contributed by atoms with Gasteiger partial charge in [0.1, 0.15) is 17.9 Å². The Morgan fingerprint density at radius 1 is 1.41 bits per heavy atom. The number of fused-ring (bicyclic) bond motifs is 1. The van der Waals surface area contributed by atoms with E-state index in [1.54, 1.807) is 0 Å². The van der Waals surface area contributed by atoms with E-state index in [4.69, 9.17) is 5.73 Å². The lowest BCUT2D eigenvalue weighted by molar-refractivity contribution is -0.162. The van der Waals surface area contributed by atoms with E-state index in [2.05, 4.69) is 9.97 Å². The smallest absolute Gasteiger partial charge is 0.370 e. The van der Waals surface area contributed by atoms with Crippen molar-refractivity contribution in [3.63, 3.8) is 0 Å². The van der Waals surface area contributed by atoms with Crippen molar-refractivity contribution < 1.29 is 32.3 Å². The molecule has 3 rings (SSSR count). The third kappa shape index (κ3) is 5.34. The number of aliphatic hydroxyl groups is 1.